The Morgan fingerprint density at radius 2 is 2.00 bits per heavy atom. The van der Waals surface area contributed by atoms with Crippen LogP contribution in [0.25, 0.3) is 0 Å². The Bertz CT molecular complexity index is 587. The number of hydrogen-bond donors (Lipinski definition) is 2. The van der Waals surface area contributed by atoms with Crippen LogP contribution in [0.2, 0.25) is 0 Å². The topological polar surface area (TPSA) is 71.3 Å². The van der Waals surface area contributed by atoms with Gasteiger partial charge in [-0.05, 0) is 49.2 Å². The van der Waals surface area contributed by atoms with E-state index in [-0.39, 0.29) is 11.5 Å². The third kappa shape index (κ3) is 3.64. The van der Waals surface area contributed by atoms with Crippen LogP contribution in [-0.2, 0) is 16.6 Å². The first kappa shape index (κ1) is 15.4. The number of aliphatic hydroxyl groups excluding tert-OH is 1. The molecule has 2 N–H and O–H groups in total. The van der Waals surface area contributed by atoms with Gasteiger partial charge in [0.25, 0.3) is 0 Å². The fourth-order valence-corrected chi connectivity index (χ4v) is 5.09. The zero-order chi connectivity index (χ0) is 14.9. The lowest BCUT2D eigenvalue weighted by Gasteiger charge is -2.21. The van der Waals surface area contributed by atoms with E-state index in [0.29, 0.717) is 24.2 Å². The number of aromatic nitrogens is 1. The van der Waals surface area contributed by atoms with Crippen molar-refractivity contribution >= 4 is 21.8 Å². The highest BCUT2D eigenvalue weighted by atomic mass is 32.2. The highest BCUT2D eigenvalue weighted by Gasteiger charge is 2.28. The molecule has 1 aliphatic carbocycles. The van der Waals surface area contributed by atoms with Gasteiger partial charge < -0.3 is 9.67 Å². The summed E-state index contributed by atoms with van der Waals surface area (Å²) < 4.78 is 29.4. The van der Waals surface area contributed by atoms with E-state index in [4.69, 9.17) is 0 Å². The molecule has 118 valence electrons. The second-order valence-electron chi connectivity index (χ2n) is 5.87. The Morgan fingerprint density at radius 1 is 1.29 bits per heavy atom. The second kappa shape index (κ2) is 6.32. The fraction of sp³-hybridized carbons (Fsp3) is 0.714. The van der Waals surface area contributed by atoms with Crippen molar-refractivity contribution in [2.24, 2.45) is 5.92 Å². The smallest absolute Gasteiger partial charge is 0.242 e. The molecule has 0 aromatic carbocycles. The van der Waals surface area contributed by atoms with Crippen molar-refractivity contribution < 1.29 is 13.5 Å². The van der Waals surface area contributed by atoms with Crippen molar-refractivity contribution in [2.45, 2.75) is 43.2 Å². The summed E-state index contributed by atoms with van der Waals surface area (Å²) >= 11 is 1.94. The molecule has 0 atom stereocenters. The molecule has 1 saturated carbocycles. The summed E-state index contributed by atoms with van der Waals surface area (Å²) in [7, 11) is -3.47. The molecule has 3 rings (SSSR count). The third-order valence-corrected chi connectivity index (χ3v) is 6.66. The lowest BCUT2D eigenvalue weighted by Crippen LogP contribution is -2.30. The number of rotatable bonds is 6. The van der Waals surface area contributed by atoms with Gasteiger partial charge in [-0.3, -0.25) is 0 Å². The van der Waals surface area contributed by atoms with E-state index in [1.165, 1.54) is 0 Å². The van der Waals surface area contributed by atoms with Crippen molar-refractivity contribution in [1.82, 2.24) is 9.29 Å². The average molecular weight is 330 g/mol. The van der Waals surface area contributed by atoms with Crippen LogP contribution in [0, 0.1) is 5.92 Å². The molecular weight excluding hydrogens is 308 g/mol. The molecule has 2 fully saturated rings. The standard InChI is InChI=1S/C14H22N2O3S2/c17-10-13-7-14(9-16(13)12-1-2-12)21(18,19)15-8-11-3-5-20-6-4-11/h7,9,11-12,15,17H,1-6,8,10H2. The van der Waals surface area contributed by atoms with E-state index in [1.807, 2.05) is 16.3 Å². The minimum absolute atomic E-state index is 0.119. The molecule has 0 radical (unpaired) electrons. The van der Waals surface area contributed by atoms with Crippen molar-refractivity contribution in [3.63, 3.8) is 0 Å². The largest absolute Gasteiger partial charge is 0.390 e. The zero-order valence-electron chi connectivity index (χ0n) is 12.0. The first-order valence-electron chi connectivity index (χ1n) is 7.49. The van der Waals surface area contributed by atoms with Crippen LogP contribution in [0.15, 0.2) is 17.2 Å². The van der Waals surface area contributed by atoms with Gasteiger partial charge in [-0.25, -0.2) is 13.1 Å². The van der Waals surface area contributed by atoms with Gasteiger partial charge in [-0.15, -0.1) is 0 Å². The van der Waals surface area contributed by atoms with Gasteiger partial charge in [0.15, 0.2) is 0 Å². The summed E-state index contributed by atoms with van der Waals surface area (Å²) in [5, 5.41) is 9.37. The monoisotopic (exact) mass is 330 g/mol. The molecular formula is C14H22N2O3S2. The van der Waals surface area contributed by atoms with E-state index in [9.17, 15) is 13.5 Å². The Morgan fingerprint density at radius 3 is 2.62 bits per heavy atom. The molecule has 1 saturated heterocycles. The van der Waals surface area contributed by atoms with Gasteiger partial charge in [-0.2, -0.15) is 11.8 Å². The van der Waals surface area contributed by atoms with E-state index in [1.54, 1.807) is 12.3 Å². The van der Waals surface area contributed by atoms with Crippen molar-refractivity contribution in [3.05, 3.63) is 18.0 Å². The molecule has 1 aromatic heterocycles. The Kier molecular flexibility index (Phi) is 4.63. The molecule has 1 aromatic rings. The van der Waals surface area contributed by atoms with Crippen LogP contribution in [0.4, 0.5) is 0 Å². The highest BCUT2D eigenvalue weighted by Crippen LogP contribution is 2.37. The van der Waals surface area contributed by atoms with E-state index < -0.39 is 10.0 Å². The van der Waals surface area contributed by atoms with E-state index in [2.05, 4.69) is 4.72 Å². The van der Waals surface area contributed by atoms with E-state index in [0.717, 1.165) is 37.2 Å². The summed E-state index contributed by atoms with van der Waals surface area (Å²) in [6.45, 7) is 0.401. The maximum atomic E-state index is 12.4. The van der Waals surface area contributed by atoms with Crippen molar-refractivity contribution in [3.8, 4) is 0 Å². The summed E-state index contributed by atoms with van der Waals surface area (Å²) in [6, 6.07) is 1.96. The Hall–Kier alpha value is -0.500. The molecule has 2 heterocycles. The highest BCUT2D eigenvalue weighted by molar-refractivity contribution is 7.99. The Labute approximate surface area is 130 Å². The van der Waals surface area contributed by atoms with Crippen LogP contribution in [0.5, 0.6) is 0 Å². The van der Waals surface area contributed by atoms with Gasteiger partial charge in [0.05, 0.1) is 11.5 Å². The molecule has 0 amide bonds. The molecule has 7 heteroatoms. The molecule has 0 unspecified atom stereocenters. The minimum Gasteiger partial charge on any atom is -0.390 e. The third-order valence-electron chi connectivity index (χ3n) is 4.22. The number of thioether (sulfide) groups is 1. The molecule has 0 spiro atoms. The summed E-state index contributed by atoms with van der Waals surface area (Å²) in [5.41, 5.74) is 0.687. The predicted octanol–water partition coefficient (Wildman–Crippen LogP) is 1.74. The predicted molar refractivity (Wildman–Crippen MR) is 83.9 cm³/mol. The van der Waals surface area contributed by atoms with Crippen molar-refractivity contribution in [2.75, 3.05) is 18.1 Å². The zero-order valence-corrected chi connectivity index (χ0v) is 13.6. The van der Waals surface area contributed by atoms with Gasteiger partial charge in [0.2, 0.25) is 10.0 Å². The molecule has 2 aliphatic rings. The van der Waals surface area contributed by atoms with Gasteiger partial charge in [-0.1, -0.05) is 0 Å². The average Bonchev–Trinajstić information content (AvgIpc) is 3.24. The van der Waals surface area contributed by atoms with Crippen molar-refractivity contribution in [1.29, 1.82) is 0 Å². The number of sulfonamides is 1. The normalized spacial score (nSPS) is 20.8. The molecule has 1 aliphatic heterocycles. The lowest BCUT2D eigenvalue weighted by atomic mass is 10.0. The van der Waals surface area contributed by atoms with Crippen LogP contribution >= 0.6 is 11.8 Å². The molecule has 21 heavy (non-hydrogen) atoms. The van der Waals surface area contributed by atoms with Gasteiger partial charge in [0, 0.05) is 24.5 Å². The lowest BCUT2D eigenvalue weighted by molar-refractivity contribution is 0.270. The van der Waals surface area contributed by atoms with E-state index >= 15 is 0 Å². The Balaban J connectivity index is 1.68. The summed E-state index contributed by atoms with van der Waals surface area (Å²) in [5.74, 6) is 2.70. The quantitative estimate of drug-likeness (QED) is 0.833. The maximum absolute atomic E-state index is 12.4. The minimum atomic E-state index is -3.47. The SMILES string of the molecule is O=S(=O)(NCC1CCSCC1)c1cc(CO)n(C2CC2)c1. The number of nitrogens with zero attached hydrogens (tertiary/aromatic N) is 1. The first-order chi connectivity index (χ1) is 10.1. The molecule has 0 bridgehead atoms. The van der Waals surface area contributed by atoms with Gasteiger partial charge in [0.1, 0.15) is 0 Å². The van der Waals surface area contributed by atoms with Crippen LogP contribution in [0.3, 0.4) is 0 Å². The second-order valence-corrected chi connectivity index (χ2v) is 8.86. The summed E-state index contributed by atoms with van der Waals surface area (Å²) in [6.07, 6.45) is 5.96. The fourth-order valence-electron chi connectivity index (χ4n) is 2.72. The number of nitrogens with one attached hydrogen (secondary N) is 1. The maximum Gasteiger partial charge on any atom is 0.242 e. The number of aliphatic hydroxyl groups is 1. The summed E-state index contributed by atoms with van der Waals surface area (Å²) in [4.78, 5) is 0.281. The molecule has 5 nitrogen and oxygen atoms in total. The van der Waals surface area contributed by atoms with Crippen LogP contribution in [0.1, 0.15) is 37.4 Å². The van der Waals surface area contributed by atoms with Gasteiger partial charge >= 0.3 is 0 Å². The van der Waals surface area contributed by atoms with Crippen LogP contribution in [-0.4, -0.2) is 36.1 Å². The van der Waals surface area contributed by atoms with Crippen LogP contribution < -0.4 is 4.72 Å². The first-order valence-corrected chi connectivity index (χ1v) is 10.1. The number of hydrogen-bond acceptors (Lipinski definition) is 4.